The van der Waals surface area contributed by atoms with Crippen molar-refractivity contribution in [3.05, 3.63) is 0 Å². The summed E-state index contributed by atoms with van der Waals surface area (Å²) in [5.41, 5.74) is 0.996. The van der Waals surface area contributed by atoms with Gasteiger partial charge in [0.1, 0.15) is 5.78 Å². The van der Waals surface area contributed by atoms with Gasteiger partial charge < -0.3 is 9.05 Å². The van der Waals surface area contributed by atoms with Gasteiger partial charge in [-0.2, -0.15) is 0 Å². The molecule has 0 saturated heterocycles. The van der Waals surface area contributed by atoms with Crippen LogP contribution < -0.4 is 0 Å². The van der Waals surface area contributed by atoms with Crippen LogP contribution in [0.4, 0.5) is 0 Å². The normalized spacial score (nSPS) is 43.4. The van der Waals surface area contributed by atoms with Crippen LogP contribution in [0.15, 0.2) is 0 Å². The Morgan fingerprint density at radius 2 is 1.67 bits per heavy atom. The summed E-state index contributed by atoms with van der Waals surface area (Å²) >= 11 is 0. The second kappa shape index (κ2) is 9.48. The van der Waals surface area contributed by atoms with Crippen LogP contribution in [-0.4, -0.2) is 25.2 Å². The molecule has 4 saturated carbocycles. The van der Waals surface area contributed by atoms with E-state index in [1.807, 2.05) is 0 Å². The number of Topliss-reactive ketones (excluding diaryl/α,β-unsaturated/α-hetero) is 1. The van der Waals surface area contributed by atoms with Crippen molar-refractivity contribution in [3.63, 3.8) is 0 Å². The smallest absolute Gasteiger partial charge is 0.170 e. The first-order chi connectivity index (χ1) is 14.4. The van der Waals surface area contributed by atoms with E-state index >= 15 is 0 Å². The number of carbonyl (C=O) groups excluding carboxylic acids is 1. The largest absolute Gasteiger partial charge is 0.334 e. The van der Waals surface area contributed by atoms with Gasteiger partial charge in [-0.15, -0.1) is 0 Å². The molecule has 172 valence electrons. The molecule has 30 heavy (non-hydrogen) atoms. The first kappa shape index (κ1) is 23.2. The molecule has 0 aromatic rings. The fourth-order valence-electron chi connectivity index (χ4n) is 8.55. The molecule has 0 aromatic heterocycles. The first-order valence-corrected chi connectivity index (χ1v) is 14.3. The maximum atomic E-state index is 12.1. The molecule has 4 aliphatic rings. The Morgan fingerprint density at radius 1 is 0.933 bits per heavy atom. The molecule has 4 fully saturated rings. The number of rotatable bonds is 8. The number of ketones is 1. The lowest BCUT2D eigenvalue weighted by atomic mass is 9.44. The van der Waals surface area contributed by atoms with Gasteiger partial charge in [0.15, 0.2) is 8.38 Å². The molecular weight excluding hydrogens is 391 g/mol. The zero-order chi connectivity index (χ0) is 21.4. The molecule has 4 rings (SSSR count). The van der Waals surface area contributed by atoms with E-state index < -0.39 is 8.38 Å². The van der Waals surface area contributed by atoms with Crippen LogP contribution in [0.1, 0.15) is 98.3 Å². The molecule has 0 radical (unpaired) electrons. The number of fused-ring (bicyclic) bond motifs is 5. The van der Waals surface area contributed by atoms with Crippen molar-refractivity contribution < 1.29 is 13.8 Å². The highest BCUT2D eigenvalue weighted by Crippen LogP contribution is 2.67. The number of hydrogen-bond donors (Lipinski definition) is 0. The minimum absolute atomic E-state index is 0.445. The van der Waals surface area contributed by atoms with Gasteiger partial charge in [0.2, 0.25) is 0 Å². The molecule has 0 aliphatic heterocycles. The topological polar surface area (TPSA) is 35.5 Å². The predicted molar refractivity (Wildman–Crippen MR) is 124 cm³/mol. The van der Waals surface area contributed by atoms with E-state index in [0.717, 1.165) is 55.9 Å². The van der Waals surface area contributed by atoms with Crippen molar-refractivity contribution in [3.8, 4) is 0 Å². The van der Waals surface area contributed by atoms with Gasteiger partial charge >= 0.3 is 0 Å². The van der Waals surface area contributed by atoms with Crippen LogP contribution in [0.2, 0.25) is 0 Å². The fraction of sp³-hybridized carbons (Fsp3) is 0.962. The Kier molecular flexibility index (Phi) is 7.33. The van der Waals surface area contributed by atoms with Gasteiger partial charge in [0, 0.05) is 19.0 Å². The zero-order valence-electron chi connectivity index (χ0n) is 20.0. The number of hydrogen-bond acceptors (Lipinski definition) is 3. The Morgan fingerprint density at radius 3 is 2.40 bits per heavy atom. The molecule has 0 N–H and O–H groups in total. The van der Waals surface area contributed by atoms with Gasteiger partial charge in [-0.3, -0.25) is 4.79 Å². The van der Waals surface area contributed by atoms with Crippen molar-refractivity contribution in [1.29, 1.82) is 0 Å². The van der Waals surface area contributed by atoms with E-state index in [-0.39, 0.29) is 0 Å². The Labute approximate surface area is 186 Å². The van der Waals surface area contributed by atoms with Crippen LogP contribution in [0.3, 0.4) is 0 Å². The number of carbonyl (C=O) groups is 1. The van der Waals surface area contributed by atoms with E-state index in [9.17, 15) is 4.79 Å². The van der Waals surface area contributed by atoms with Gasteiger partial charge in [-0.05, 0) is 112 Å². The summed E-state index contributed by atoms with van der Waals surface area (Å²) in [5.74, 6) is 4.84. The highest BCUT2D eigenvalue weighted by Gasteiger charge is 2.59. The van der Waals surface area contributed by atoms with Crippen molar-refractivity contribution in [2.45, 2.75) is 98.3 Å². The summed E-state index contributed by atoms with van der Waals surface area (Å²) in [6.45, 7) is 10.9. The van der Waals surface area contributed by atoms with Crippen LogP contribution >= 0.6 is 8.38 Å². The average molecular weight is 437 g/mol. The van der Waals surface area contributed by atoms with Gasteiger partial charge in [0.05, 0.1) is 13.2 Å². The van der Waals surface area contributed by atoms with E-state index in [1.54, 1.807) is 0 Å². The monoisotopic (exact) mass is 436 g/mol. The SMILES string of the molecule is CCOP(CCCC1CCC2C3CCC4CC(=O)CCC4(C)C3CCC12C)OCC. The van der Waals surface area contributed by atoms with Crippen LogP contribution in [0.25, 0.3) is 0 Å². The molecule has 7 atom stereocenters. The Hall–Kier alpha value is 0.0200. The Bertz CT molecular complexity index is 603. The van der Waals surface area contributed by atoms with Crippen LogP contribution in [0.5, 0.6) is 0 Å². The quantitative estimate of drug-likeness (QED) is 0.372. The van der Waals surface area contributed by atoms with E-state index in [0.29, 0.717) is 22.5 Å². The minimum Gasteiger partial charge on any atom is -0.334 e. The molecule has 3 nitrogen and oxygen atoms in total. The lowest BCUT2D eigenvalue weighted by Gasteiger charge is -2.60. The van der Waals surface area contributed by atoms with E-state index in [2.05, 4.69) is 27.7 Å². The van der Waals surface area contributed by atoms with E-state index in [4.69, 9.17) is 9.05 Å². The second-order valence-electron chi connectivity index (χ2n) is 11.3. The molecular formula is C26H45O3P. The summed E-state index contributed by atoms with van der Waals surface area (Å²) in [6.07, 6.45) is 15.1. The minimum atomic E-state index is -0.677. The highest BCUT2D eigenvalue weighted by molar-refractivity contribution is 7.47. The molecule has 0 amide bonds. The van der Waals surface area contributed by atoms with Crippen molar-refractivity contribution in [1.82, 2.24) is 0 Å². The van der Waals surface area contributed by atoms with Crippen LogP contribution in [-0.2, 0) is 13.8 Å². The molecule has 7 unspecified atom stereocenters. The summed E-state index contributed by atoms with van der Waals surface area (Å²) < 4.78 is 11.7. The standard InChI is InChI=1S/C26H45O3P/c1-5-28-30(29-6-2)17-7-8-19-10-12-23-22-11-9-20-18-21(27)13-15-26(20,4)24(22)14-16-25(19,23)3/h19-20,22-24H,5-18H2,1-4H3. The molecule has 0 spiro atoms. The summed E-state index contributed by atoms with van der Waals surface area (Å²) in [4.78, 5) is 12.1. The fourth-order valence-corrected chi connectivity index (χ4v) is 9.90. The maximum absolute atomic E-state index is 12.1. The van der Waals surface area contributed by atoms with Gasteiger partial charge in [-0.25, -0.2) is 0 Å². The van der Waals surface area contributed by atoms with Crippen molar-refractivity contribution >= 4 is 14.2 Å². The maximum Gasteiger partial charge on any atom is 0.170 e. The van der Waals surface area contributed by atoms with Crippen LogP contribution in [0, 0.1) is 40.4 Å². The summed E-state index contributed by atoms with van der Waals surface area (Å²) in [7, 11) is -0.677. The molecule has 4 aliphatic carbocycles. The van der Waals surface area contributed by atoms with Crippen molar-refractivity contribution in [2.75, 3.05) is 19.4 Å². The highest BCUT2D eigenvalue weighted by atomic mass is 31.2. The first-order valence-electron chi connectivity index (χ1n) is 13.0. The van der Waals surface area contributed by atoms with Gasteiger partial charge in [0.25, 0.3) is 0 Å². The zero-order valence-corrected chi connectivity index (χ0v) is 20.9. The lowest BCUT2D eigenvalue weighted by molar-refractivity contribution is -0.139. The molecule has 0 aromatic carbocycles. The summed E-state index contributed by atoms with van der Waals surface area (Å²) in [6, 6.07) is 0. The second-order valence-corrected chi connectivity index (χ2v) is 12.9. The molecule has 0 heterocycles. The van der Waals surface area contributed by atoms with E-state index in [1.165, 1.54) is 57.8 Å². The lowest BCUT2D eigenvalue weighted by Crippen LogP contribution is -2.53. The average Bonchev–Trinajstić information content (AvgIpc) is 3.05. The molecule has 0 bridgehead atoms. The third kappa shape index (κ3) is 4.17. The Balaban J connectivity index is 1.38. The third-order valence-corrected chi connectivity index (χ3v) is 11.9. The summed E-state index contributed by atoms with van der Waals surface area (Å²) in [5, 5.41) is 0. The predicted octanol–water partition coefficient (Wildman–Crippen LogP) is 7.38. The van der Waals surface area contributed by atoms with Gasteiger partial charge in [-0.1, -0.05) is 13.8 Å². The van der Waals surface area contributed by atoms with Crippen molar-refractivity contribution in [2.24, 2.45) is 40.4 Å². The molecule has 4 heteroatoms. The third-order valence-electron chi connectivity index (χ3n) is 10.1.